The monoisotopic (exact) mass is 330 g/mol. The van der Waals surface area contributed by atoms with E-state index >= 15 is 0 Å². The number of hydrogen-bond acceptors (Lipinski definition) is 6. The fourth-order valence-electron chi connectivity index (χ4n) is 2.99. The van der Waals surface area contributed by atoms with Crippen LogP contribution in [0, 0.1) is 6.92 Å². The van der Waals surface area contributed by atoms with Crippen molar-refractivity contribution in [3.63, 3.8) is 0 Å². The smallest absolute Gasteiger partial charge is 0.195 e. The van der Waals surface area contributed by atoms with Gasteiger partial charge in [-0.3, -0.25) is 0 Å². The number of morpholine rings is 1. The number of rotatable bonds is 6. The largest absolute Gasteiger partial charge is 0.445 e. The maximum absolute atomic E-state index is 5.81. The highest BCUT2D eigenvalue weighted by Crippen LogP contribution is 2.22. The highest BCUT2D eigenvalue weighted by Gasteiger charge is 2.14. The summed E-state index contributed by atoms with van der Waals surface area (Å²) in [6.45, 7) is 7.49. The van der Waals surface area contributed by atoms with Crippen molar-refractivity contribution in [1.29, 1.82) is 0 Å². The number of nitrogens with zero attached hydrogens (tertiary/aromatic N) is 3. The van der Waals surface area contributed by atoms with Crippen molar-refractivity contribution in [3.8, 4) is 0 Å². The second-order valence-electron chi connectivity index (χ2n) is 6.02. The third-order valence-corrected chi connectivity index (χ3v) is 4.35. The maximum atomic E-state index is 5.81. The second kappa shape index (κ2) is 7.66. The van der Waals surface area contributed by atoms with Crippen LogP contribution in [0.1, 0.15) is 30.0 Å². The fraction of sp³-hybridized carbons (Fsp3) is 0.556. The van der Waals surface area contributed by atoms with Crippen LogP contribution >= 0.6 is 0 Å². The molecule has 0 amide bonds. The van der Waals surface area contributed by atoms with Crippen molar-refractivity contribution in [2.75, 3.05) is 43.6 Å². The zero-order valence-electron chi connectivity index (χ0n) is 14.8. The highest BCUT2D eigenvalue weighted by molar-refractivity contribution is 5.55. The van der Waals surface area contributed by atoms with Gasteiger partial charge in [-0.05, 0) is 19.4 Å². The average molecular weight is 330 g/mol. The normalized spacial score (nSPS) is 14.9. The van der Waals surface area contributed by atoms with E-state index in [0.717, 1.165) is 74.4 Å². The van der Waals surface area contributed by atoms with E-state index < -0.39 is 0 Å². The highest BCUT2D eigenvalue weighted by atomic mass is 16.5. The predicted octanol–water partition coefficient (Wildman–Crippen LogP) is 2.60. The minimum atomic E-state index is 0.767. The molecule has 0 aliphatic carbocycles. The van der Waals surface area contributed by atoms with Crippen LogP contribution in [0.5, 0.6) is 0 Å². The number of oxazole rings is 1. The van der Waals surface area contributed by atoms with Gasteiger partial charge in [0.1, 0.15) is 11.6 Å². The van der Waals surface area contributed by atoms with E-state index in [2.05, 4.69) is 39.2 Å². The van der Waals surface area contributed by atoms with Gasteiger partial charge in [0.25, 0.3) is 0 Å². The topological polar surface area (TPSA) is 63.4 Å². The summed E-state index contributed by atoms with van der Waals surface area (Å²) in [5, 5.41) is 3.16. The number of anilines is 2. The summed E-state index contributed by atoms with van der Waals surface area (Å²) in [5.41, 5.74) is 3.25. The molecule has 3 rings (SSSR count). The average Bonchev–Trinajstić information content (AvgIpc) is 3.00. The van der Waals surface area contributed by atoms with Gasteiger partial charge in [0.05, 0.1) is 18.9 Å². The summed E-state index contributed by atoms with van der Waals surface area (Å²) in [7, 11) is 1.90. The number of ether oxygens (including phenoxy) is 1. The summed E-state index contributed by atoms with van der Waals surface area (Å²) >= 11 is 0. The summed E-state index contributed by atoms with van der Waals surface area (Å²) in [6.07, 6.45) is 2.47. The summed E-state index contributed by atoms with van der Waals surface area (Å²) in [5.74, 6) is 2.68. The number of nitrogens with one attached hydrogen (secondary N) is 1. The molecule has 0 aromatic carbocycles. The van der Waals surface area contributed by atoms with E-state index in [1.807, 2.05) is 14.0 Å². The summed E-state index contributed by atoms with van der Waals surface area (Å²) in [4.78, 5) is 11.5. The van der Waals surface area contributed by atoms with Gasteiger partial charge in [0.2, 0.25) is 0 Å². The van der Waals surface area contributed by atoms with Gasteiger partial charge in [-0.15, -0.1) is 0 Å². The Kier molecular flexibility index (Phi) is 5.35. The van der Waals surface area contributed by atoms with Gasteiger partial charge in [0.15, 0.2) is 5.89 Å². The second-order valence-corrected chi connectivity index (χ2v) is 6.02. The molecule has 0 saturated carbocycles. The standard InChI is InChI=1S/C18H26N4O2/c1-4-16-13(2)20-18(24-16)6-5-14-11-15(12-17(19-3)21-14)22-7-9-23-10-8-22/h11-12H,4-10H2,1-3H3,(H,19,21). The molecule has 2 aromatic rings. The molecule has 0 unspecified atom stereocenters. The van der Waals surface area contributed by atoms with E-state index in [9.17, 15) is 0 Å². The Hall–Kier alpha value is -2.08. The van der Waals surface area contributed by atoms with Crippen LogP contribution in [0.15, 0.2) is 16.5 Å². The van der Waals surface area contributed by atoms with Crippen molar-refractivity contribution >= 4 is 11.5 Å². The van der Waals surface area contributed by atoms with Crippen LogP contribution < -0.4 is 10.2 Å². The quantitative estimate of drug-likeness (QED) is 0.878. The molecule has 24 heavy (non-hydrogen) atoms. The molecule has 1 N–H and O–H groups in total. The van der Waals surface area contributed by atoms with Crippen molar-refractivity contribution in [2.24, 2.45) is 0 Å². The maximum Gasteiger partial charge on any atom is 0.195 e. The van der Waals surface area contributed by atoms with E-state index in [-0.39, 0.29) is 0 Å². The van der Waals surface area contributed by atoms with Crippen LogP contribution in [0.2, 0.25) is 0 Å². The van der Waals surface area contributed by atoms with Gasteiger partial charge in [0, 0.05) is 50.4 Å². The molecule has 1 aliphatic heterocycles. The molecule has 0 atom stereocenters. The third kappa shape index (κ3) is 3.87. The van der Waals surface area contributed by atoms with Gasteiger partial charge in [-0.1, -0.05) is 6.92 Å². The van der Waals surface area contributed by atoms with Crippen LogP contribution in [-0.2, 0) is 24.0 Å². The van der Waals surface area contributed by atoms with Crippen LogP contribution in [0.25, 0.3) is 0 Å². The molecule has 0 bridgehead atoms. The van der Waals surface area contributed by atoms with E-state index in [1.165, 1.54) is 5.69 Å². The predicted molar refractivity (Wildman–Crippen MR) is 94.8 cm³/mol. The zero-order chi connectivity index (χ0) is 16.9. The lowest BCUT2D eigenvalue weighted by Gasteiger charge is -2.29. The van der Waals surface area contributed by atoms with Crippen LogP contribution in [0.3, 0.4) is 0 Å². The first-order valence-electron chi connectivity index (χ1n) is 8.66. The molecular weight excluding hydrogens is 304 g/mol. The Bertz CT molecular complexity index is 678. The molecule has 1 saturated heterocycles. The molecule has 1 fully saturated rings. The van der Waals surface area contributed by atoms with E-state index in [4.69, 9.17) is 9.15 Å². The Morgan fingerprint density at radius 1 is 1.17 bits per heavy atom. The lowest BCUT2D eigenvalue weighted by Crippen LogP contribution is -2.36. The van der Waals surface area contributed by atoms with Gasteiger partial charge < -0.3 is 19.4 Å². The summed E-state index contributed by atoms with van der Waals surface area (Å²) in [6, 6.07) is 4.27. The summed E-state index contributed by atoms with van der Waals surface area (Å²) < 4.78 is 11.3. The molecule has 2 aromatic heterocycles. The first kappa shape index (κ1) is 16.8. The molecule has 6 nitrogen and oxygen atoms in total. The SMILES string of the molecule is CCc1oc(CCc2cc(N3CCOCC3)cc(NC)n2)nc1C. The fourth-order valence-corrected chi connectivity index (χ4v) is 2.99. The van der Waals surface area contributed by atoms with E-state index in [1.54, 1.807) is 0 Å². The molecule has 6 heteroatoms. The molecule has 0 radical (unpaired) electrons. The Morgan fingerprint density at radius 2 is 1.96 bits per heavy atom. The minimum absolute atomic E-state index is 0.767. The number of pyridine rings is 1. The number of aryl methyl sites for hydroxylation is 4. The lowest BCUT2D eigenvalue weighted by molar-refractivity contribution is 0.122. The zero-order valence-corrected chi connectivity index (χ0v) is 14.8. The molecule has 0 spiro atoms. The molecule has 3 heterocycles. The molecular formula is C18H26N4O2. The Morgan fingerprint density at radius 3 is 2.62 bits per heavy atom. The van der Waals surface area contributed by atoms with E-state index in [0.29, 0.717) is 0 Å². The molecule has 130 valence electrons. The van der Waals surface area contributed by atoms with Crippen molar-refractivity contribution in [2.45, 2.75) is 33.1 Å². The van der Waals surface area contributed by atoms with Crippen molar-refractivity contribution in [1.82, 2.24) is 9.97 Å². The van der Waals surface area contributed by atoms with Gasteiger partial charge in [-0.2, -0.15) is 0 Å². The Labute approximate surface area is 143 Å². The van der Waals surface area contributed by atoms with Gasteiger partial charge >= 0.3 is 0 Å². The minimum Gasteiger partial charge on any atom is -0.445 e. The van der Waals surface area contributed by atoms with Crippen molar-refractivity contribution < 1.29 is 9.15 Å². The first-order chi connectivity index (χ1) is 11.7. The van der Waals surface area contributed by atoms with Crippen LogP contribution in [-0.4, -0.2) is 43.3 Å². The first-order valence-corrected chi connectivity index (χ1v) is 8.66. The third-order valence-electron chi connectivity index (χ3n) is 4.35. The number of hydrogen-bond donors (Lipinski definition) is 1. The Balaban J connectivity index is 1.73. The molecule has 1 aliphatic rings. The van der Waals surface area contributed by atoms with Crippen LogP contribution in [0.4, 0.5) is 11.5 Å². The lowest BCUT2D eigenvalue weighted by atomic mass is 10.2. The number of aromatic nitrogens is 2. The van der Waals surface area contributed by atoms with Crippen molar-refractivity contribution in [3.05, 3.63) is 35.2 Å². The van der Waals surface area contributed by atoms with Gasteiger partial charge in [-0.25, -0.2) is 9.97 Å².